The van der Waals surface area contributed by atoms with Crippen LogP contribution >= 0.6 is 24.0 Å². The quantitative estimate of drug-likeness (QED) is 0.280. The minimum Gasteiger partial charge on any atom is -0.490 e. The standard InChI is InChI=1S/C17H27N5O2.HI/c1-3-16(23)22-10-7-14(13-22)21-17(19-4-2)20-9-11-24-15-6-5-8-18-12-15;/h5-6,8,12,14H,3-4,7,9-11,13H2,1-2H3,(H2,19,20,21);1H. The molecule has 8 heteroatoms. The first-order valence-electron chi connectivity index (χ1n) is 8.58. The second kappa shape index (κ2) is 11.9. The van der Waals surface area contributed by atoms with Crippen molar-refractivity contribution < 1.29 is 9.53 Å². The van der Waals surface area contributed by atoms with E-state index in [1.54, 1.807) is 12.4 Å². The second-order valence-corrected chi connectivity index (χ2v) is 5.62. The highest BCUT2D eigenvalue weighted by molar-refractivity contribution is 14.0. The number of ether oxygens (including phenoxy) is 1. The predicted octanol–water partition coefficient (Wildman–Crippen LogP) is 1.64. The number of pyridine rings is 1. The maximum Gasteiger partial charge on any atom is 0.222 e. The Morgan fingerprint density at radius 1 is 1.48 bits per heavy atom. The van der Waals surface area contributed by atoms with Gasteiger partial charge in [0, 0.05) is 38.3 Å². The molecule has 1 fully saturated rings. The van der Waals surface area contributed by atoms with Gasteiger partial charge in [-0.2, -0.15) is 0 Å². The number of rotatable bonds is 7. The summed E-state index contributed by atoms with van der Waals surface area (Å²) in [6.07, 6.45) is 4.91. The van der Waals surface area contributed by atoms with E-state index in [9.17, 15) is 4.79 Å². The first-order valence-corrected chi connectivity index (χ1v) is 8.58. The van der Waals surface area contributed by atoms with Gasteiger partial charge in [0.05, 0.1) is 12.7 Å². The number of hydrogen-bond acceptors (Lipinski definition) is 4. The molecule has 1 atom stereocenters. The fourth-order valence-corrected chi connectivity index (χ4v) is 2.59. The summed E-state index contributed by atoms with van der Waals surface area (Å²) < 4.78 is 5.59. The van der Waals surface area contributed by atoms with Crippen LogP contribution in [0.4, 0.5) is 0 Å². The van der Waals surface area contributed by atoms with Crippen molar-refractivity contribution in [3.05, 3.63) is 24.5 Å². The van der Waals surface area contributed by atoms with E-state index < -0.39 is 0 Å². The Bertz CT molecular complexity index is 541. The van der Waals surface area contributed by atoms with Crippen molar-refractivity contribution in [1.29, 1.82) is 0 Å². The molecule has 1 amide bonds. The molecule has 1 aromatic rings. The third kappa shape index (κ3) is 7.45. The number of likely N-dealkylation sites (tertiary alicyclic amines) is 1. The largest absolute Gasteiger partial charge is 0.490 e. The van der Waals surface area contributed by atoms with Crippen LogP contribution in [0.3, 0.4) is 0 Å². The monoisotopic (exact) mass is 461 g/mol. The van der Waals surface area contributed by atoms with Crippen molar-refractivity contribution in [3.63, 3.8) is 0 Å². The van der Waals surface area contributed by atoms with Gasteiger partial charge in [0.25, 0.3) is 0 Å². The van der Waals surface area contributed by atoms with Gasteiger partial charge in [-0.25, -0.2) is 4.99 Å². The van der Waals surface area contributed by atoms with Crippen LogP contribution in [0.2, 0.25) is 0 Å². The van der Waals surface area contributed by atoms with Crippen molar-refractivity contribution in [2.75, 3.05) is 32.8 Å². The lowest BCUT2D eigenvalue weighted by atomic mass is 10.3. The molecule has 0 aliphatic carbocycles. The fraction of sp³-hybridized carbons (Fsp3) is 0.588. The summed E-state index contributed by atoms with van der Waals surface area (Å²) >= 11 is 0. The summed E-state index contributed by atoms with van der Waals surface area (Å²) in [5.74, 6) is 1.73. The molecular weight excluding hydrogens is 433 g/mol. The number of aromatic nitrogens is 1. The molecule has 1 aromatic heterocycles. The average molecular weight is 461 g/mol. The Morgan fingerprint density at radius 3 is 3.00 bits per heavy atom. The molecule has 0 saturated carbocycles. The van der Waals surface area contributed by atoms with Crippen LogP contribution in [0.1, 0.15) is 26.7 Å². The summed E-state index contributed by atoms with van der Waals surface area (Å²) in [4.78, 5) is 22.2. The Kier molecular flexibility index (Phi) is 10.2. The van der Waals surface area contributed by atoms with Gasteiger partial charge in [-0.05, 0) is 25.5 Å². The number of nitrogens with one attached hydrogen (secondary N) is 2. The summed E-state index contributed by atoms with van der Waals surface area (Å²) in [7, 11) is 0. The number of carbonyl (C=O) groups is 1. The van der Waals surface area contributed by atoms with Gasteiger partial charge in [0.15, 0.2) is 5.96 Å². The summed E-state index contributed by atoms with van der Waals surface area (Å²) in [5.41, 5.74) is 0. The van der Waals surface area contributed by atoms with E-state index in [-0.39, 0.29) is 35.9 Å². The van der Waals surface area contributed by atoms with E-state index in [1.165, 1.54) is 0 Å². The zero-order valence-corrected chi connectivity index (χ0v) is 17.2. The van der Waals surface area contributed by atoms with Gasteiger partial charge in [-0.3, -0.25) is 9.78 Å². The molecule has 2 heterocycles. The van der Waals surface area contributed by atoms with Crippen molar-refractivity contribution in [2.24, 2.45) is 4.99 Å². The van der Waals surface area contributed by atoms with E-state index in [4.69, 9.17) is 4.74 Å². The molecule has 1 unspecified atom stereocenters. The predicted molar refractivity (Wildman–Crippen MR) is 110 cm³/mol. The molecule has 1 saturated heterocycles. The van der Waals surface area contributed by atoms with Crippen LogP contribution in [-0.2, 0) is 4.79 Å². The van der Waals surface area contributed by atoms with Gasteiger partial charge >= 0.3 is 0 Å². The molecule has 0 aromatic carbocycles. The van der Waals surface area contributed by atoms with E-state index in [0.717, 1.165) is 37.8 Å². The van der Waals surface area contributed by atoms with E-state index in [2.05, 4.69) is 20.6 Å². The van der Waals surface area contributed by atoms with E-state index in [1.807, 2.05) is 30.9 Å². The van der Waals surface area contributed by atoms with Crippen LogP contribution in [0.25, 0.3) is 0 Å². The highest BCUT2D eigenvalue weighted by Gasteiger charge is 2.25. The molecule has 140 valence electrons. The van der Waals surface area contributed by atoms with Gasteiger partial charge in [0.1, 0.15) is 12.4 Å². The molecule has 1 aliphatic rings. The Morgan fingerprint density at radius 2 is 2.32 bits per heavy atom. The minimum absolute atomic E-state index is 0. The molecule has 2 rings (SSSR count). The Labute approximate surface area is 166 Å². The van der Waals surface area contributed by atoms with Crippen molar-refractivity contribution in [3.8, 4) is 5.75 Å². The number of guanidine groups is 1. The van der Waals surface area contributed by atoms with Crippen LogP contribution < -0.4 is 15.4 Å². The molecule has 2 N–H and O–H groups in total. The van der Waals surface area contributed by atoms with Crippen LogP contribution in [0, 0.1) is 0 Å². The number of hydrogen-bond donors (Lipinski definition) is 2. The van der Waals surface area contributed by atoms with Crippen LogP contribution in [-0.4, -0.2) is 60.6 Å². The molecule has 0 bridgehead atoms. The molecule has 1 aliphatic heterocycles. The molecular formula is C17H28IN5O2. The summed E-state index contributed by atoms with van der Waals surface area (Å²) in [5, 5.41) is 6.64. The first kappa shape index (κ1) is 21.5. The zero-order chi connectivity index (χ0) is 17.2. The van der Waals surface area contributed by atoms with Gasteiger partial charge in [0.2, 0.25) is 5.91 Å². The normalized spacial score (nSPS) is 17.0. The minimum atomic E-state index is 0. The topological polar surface area (TPSA) is 78.9 Å². The lowest BCUT2D eigenvalue weighted by Gasteiger charge is -2.18. The molecule has 25 heavy (non-hydrogen) atoms. The third-order valence-corrected chi connectivity index (χ3v) is 3.79. The molecule has 7 nitrogen and oxygen atoms in total. The molecule has 0 radical (unpaired) electrons. The van der Waals surface area contributed by atoms with Gasteiger partial charge < -0.3 is 20.3 Å². The molecule has 0 spiro atoms. The number of aliphatic imine (C=N–C) groups is 1. The maximum absolute atomic E-state index is 11.7. The van der Waals surface area contributed by atoms with E-state index >= 15 is 0 Å². The highest BCUT2D eigenvalue weighted by Crippen LogP contribution is 2.10. The van der Waals surface area contributed by atoms with Crippen molar-refractivity contribution >= 4 is 35.8 Å². The third-order valence-electron chi connectivity index (χ3n) is 3.79. The Hall–Kier alpha value is -1.58. The zero-order valence-electron chi connectivity index (χ0n) is 14.9. The highest BCUT2D eigenvalue weighted by atomic mass is 127. The fourth-order valence-electron chi connectivity index (χ4n) is 2.59. The number of halogens is 1. The smallest absolute Gasteiger partial charge is 0.222 e. The van der Waals surface area contributed by atoms with Crippen molar-refractivity contribution in [1.82, 2.24) is 20.5 Å². The first-order chi connectivity index (χ1) is 11.7. The van der Waals surface area contributed by atoms with Gasteiger partial charge in [-0.15, -0.1) is 24.0 Å². The second-order valence-electron chi connectivity index (χ2n) is 5.62. The Balaban J connectivity index is 0.00000312. The lowest BCUT2D eigenvalue weighted by Crippen LogP contribution is -2.45. The average Bonchev–Trinajstić information content (AvgIpc) is 3.07. The number of nitrogens with zero attached hydrogens (tertiary/aromatic N) is 3. The van der Waals surface area contributed by atoms with Crippen LogP contribution in [0.5, 0.6) is 5.75 Å². The van der Waals surface area contributed by atoms with E-state index in [0.29, 0.717) is 19.6 Å². The van der Waals surface area contributed by atoms with Gasteiger partial charge in [-0.1, -0.05) is 6.92 Å². The lowest BCUT2D eigenvalue weighted by molar-refractivity contribution is -0.129. The summed E-state index contributed by atoms with van der Waals surface area (Å²) in [6, 6.07) is 3.96. The van der Waals surface area contributed by atoms with Crippen LogP contribution in [0.15, 0.2) is 29.5 Å². The van der Waals surface area contributed by atoms with Crippen molar-refractivity contribution in [2.45, 2.75) is 32.7 Å². The number of carbonyl (C=O) groups excluding carboxylic acids is 1. The number of amides is 1. The SMILES string of the molecule is CCNC(=NCCOc1cccnc1)NC1CCN(C(=O)CC)C1.I. The maximum atomic E-state index is 11.7. The summed E-state index contributed by atoms with van der Waals surface area (Å²) in [6.45, 7) is 7.32.